The van der Waals surface area contributed by atoms with Gasteiger partial charge in [0.05, 0.1) is 0 Å². The molecule has 0 amide bonds. The summed E-state index contributed by atoms with van der Waals surface area (Å²) in [5, 5.41) is 0. The Morgan fingerprint density at radius 1 is 1.31 bits per heavy atom. The number of hydrogen-bond donors (Lipinski definition) is 1. The van der Waals surface area contributed by atoms with Crippen LogP contribution in [0.4, 0.5) is 0 Å². The molecule has 0 rings (SSSR count). The molecule has 0 aromatic heterocycles. The molecule has 0 aromatic carbocycles. The molecule has 0 heterocycles. The van der Waals surface area contributed by atoms with Gasteiger partial charge in [-0.3, -0.25) is 4.79 Å². The van der Waals surface area contributed by atoms with Crippen molar-refractivity contribution < 1.29 is 4.79 Å². The molecule has 2 heteroatoms. The highest BCUT2D eigenvalue weighted by molar-refractivity contribution is 5.83. The van der Waals surface area contributed by atoms with Crippen molar-refractivity contribution in [2.24, 2.45) is 23.0 Å². The fourth-order valence-corrected chi connectivity index (χ4v) is 1.51. The normalized spacial score (nSPS) is 14.7. The highest BCUT2D eigenvalue weighted by atomic mass is 16.1. The van der Waals surface area contributed by atoms with E-state index in [-0.39, 0.29) is 17.3 Å². The minimum Gasteiger partial charge on any atom is -0.330 e. The Bertz CT molecular complexity index is 167. The van der Waals surface area contributed by atoms with Crippen LogP contribution in [0.25, 0.3) is 0 Å². The number of Topliss-reactive ketones (excluding diaryl/α,β-unsaturated/α-hetero) is 1. The Hall–Kier alpha value is -0.370. The minimum atomic E-state index is 0.0417. The van der Waals surface area contributed by atoms with Crippen molar-refractivity contribution >= 4 is 5.78 Å². The van der Waals surface area contributed by atoms with E-state index in [2.05, 4.69) is 20.8 Å². The molecule has 13 heavy (non-hydrogen) atoms. The maximum Gasteiger partial charge on any atom is 0.139 e. The van der Waals surface area contributed by atoms with Crippen LogP contribution in [-0.4, -0.2) is 12.3 Å². The fraction of sp³-hybridized carbons (Fsp3) is 0.909. The summed E-state index contributed by atoms with van der Waals surface area (Å²) in [6, 6.07) is 0. The third kappa shape index (κ3) is 5.04. The lowest BCUT2D eigenvalue weighted by Crippen LogP contribution is -2.30. The molecule has 0 aromatic rings. The van der Waals surface area contributed by atoms with Crippen LogP contribution in [0.3, 0.4) is 0 Å². The van der Waals surface area contributed by atoms with Gasteiger partial charge in [-0.2, -0.15) is 0 Å². The van der Waals surface area contributed by atoms with Gasteiger partial charge in [-0.15, -0.1) is 0 Å². The molecular weight excluding hydrogens is 162 g/mol. The molecular formula is C11H23NO. The second-order valence-corrected chi connectivity index (χ2v) is 5.25. The Morgan fingerprint density at radius 2 is 1.77 bits per heavy atom. The number of hydrogen-bond acceptors (Lipinski definition) is 2. The highest BCUT2D eigenvalue weighted by Crippen LogP contribution is 2.25. The summed E-state index contributed by atoms with van der Waals surface area (Å²) >= 11 is 0. The monoisotopic (exact) mass is 185 g/mol. The van der Waals surface area contributed by atoms with Crippen LogP contribution in [0.2, 0.25) is 0 Å². The molecule has 0 aliphatic carbocycles. The van der Waals surface area contributed by atoms with E-state index in [1.807, 2.05) is 13.8 Å². The van der Waals surface area contributed by atoms with Gasteiger partial charge in [0.15, 0.2) is 0 Å². The van der Waals surface area contributed by atoms with Crippen LogP contribution in [0, 0.1) is 17.3 Å². The first-order valence-electron chi connectivity index (χ1n) is 5.01. The van der Waals surface area contributed by atoms with E-state index in [9.17, 15) is 4.79 Å². The zero-order valence-electron chi connectivity index (χ0n) is 9.55. The number of nitrogens with two attached hydrogens (primary N) is 1. The highest BCUT2D eigenvalue weighted by Gasteiger charge is 2.24. The lowest BCUT2D eigenvalue weighted by Gasteiger charge is -2.25. The van der Waals surface area contributed by atoms with E-state index in [0.29, 0.717) is 12.3 Å². The van der Waals surface area contributed by atoms with Crippen molar-refractivity contribution in [1.82, 2.24) is 0 Å². The second-order valence-electron chi connectivity index (χ2n) is 5.25. The number of ketones is 1. The topological polar surface area (TPSA) is 43.1 Å². The van der Waals surface area contributed by atoms with Crippen molar-refractivity contribution in [3.05, 3.63) is 0 Å². The van der Waals surface area contributed by atoms with Crippen molar-refractivity contribution in [2.45, 2.75) is 41.0 Å². The Kier molecular flexibility index (Phi) is 4.62. The first kappa shape index (κ1) is 12.6. The molecule has 0 unspecified atom stereocenters. The predicted octanol–water partition coefficient (Wildman–Crippen LogP) is 2.22. The number of carbonyl (C=O) groups excluding carboxylic acids is 1. The average molecular weight is 185 g/mol. The Morgan fingerprint density at radius 3 is 2.00 bits per heavy atom. The molecule has 78 valence electrons. The molecule has 1 atom stereocenters. The molecule has 0 fully saturated rings. The maximum atomic E-state index is 11.7. The first-order chi connectivity index (χ1) is 5.78. The van der Waals surface area contributed by atoms with Crippen molar-refractivity contribution in [2.75, 3.05) is 6.54 Å². The maximum absolute atomic E-state index is 11.7. The van der Waals surface area contributed by atoms with Gasteiger partial charge in [-0.05, 0) is 11.8 Å². The van der Waals surface area contributed by atoms with Crippen LogP contribution in [-0.2, 0) is 4.79 Å². The van der Waals surface area contributed by atoms with Gasteiger partial charge >= 0.3 is 0 Å². The molecule has 0 bridgehead atoms. The molecule has 0 saturated carbocycles. The molecule has 0 spiro atoms. The van der Waals surface area contributed by atoms with Crippen LogP contribution in [0.15, 0.2) is 0 Å². The summed E-state index contributed by atoms with van der Waals surface area (Å²) in [5.74, 6) is 0.452. The van der Waals surface area contributed by atoms with Gasteiger partial charge in [0.1, 0.15) is 5.78 Å². The van der Waals surface area contributed by atoms with Crippen molar-refractivity contribution in [3.63, 3.8) is 0 Å². The van der Waals surface area contributed by atoms with E-state index in [1.54, 1.807) is 0 Å². The zero-order chi connectivity index (χ0) is 10.6. The minimum absolute atomic E-state index is 0.0417. The molecule has 0 aliphatic heterocycles. The Labute approximate surface area is 81.9 Å². The van der Waals surface area contributed by atoms with Gasteiger partial charge in [-0.25, -0.2) is 0 Å². The van der Waals surface area contributed by atoms with Crippen molar-refractivity contribution in [1.29, 1.82) is 0 Å². The molecule has 0 aliphatic rings. The summed E-state index contributed by atoms with van der Waals surface area (Å²) in [4.78, 5) is 11.7. The quantitative estimate of drug-likeness (QED) is 0.729. The predicted molar refractivity (Wildman–Crippen MR) is 56.5 cm³/mol. The summed E-state index contributed by atoms with van der Waals surface area (Å²) < 4.78 is 0. The summed E-state index contributed by atoms with van der Waals surface area (Å²) in [5.41, 5.74) is 5.79. The first-order valence-corrected chi connectivity index (χ1v) is 5.01. The van der Waals surface area contributed by atoms with Gasteiger partial charge < -0.3 is 5.73 Å². The fourth-order valence-electron chi connectivity index (χ4n) is 1.51. The smallest absolute Gasteiger partial charge is 0.139 e. The van der Waals surface area contributed by atoms with Crippen LogP contribution in [0.5, 0.6) is 0 Å². The Balaban J connectivity index is 4.27. The third-order valence-electron chi connectivity index (χ3n) is 2.11. The van der Waals surface area contributed by atoms with Crippen LogP contribution in [0.1, 0.15) is 41.0 Å². The molecule has 2 N–H and O–H groups in total. The van der Waals surface area contributed by atoms with E-state index in [1.165, 1.54) is 0 Å². The van der Waals surface area contributed by atoms with E-state index in [0.717, 1.165) is 6.42 Å². The third-order valence-corrected chi connectivity index (χ3v) is 2.11. The molecule has 0 radical (unpaired) electrons. The van der Waals surface area contributed by atoms with Crippen molar-refractivity contribution in [3.8, 4) is 0 Å². The molecule has 2 nitrogen and oxygen atoms in total. The van der Waals surface area contributed by atoms with E-state index in [4.69, 9.17) is 5.73 Å². The molecule has 0 saturated heterocycles. The van der Waals surface area contributed by atoms with E-state index < -0.39 is 0 Å². The van der Waals surface area contributed by atoms with Gasteiger partial charge in [0, 0.05) is 18.4 Å². The summed E-state index contributed by atoms with van der Waals surface area (Å²) in [6.07, 6.45) is 0.889. The summed E-state index contributed by atoms with van der Waals surface area (Å²) in [6.45, 7) is 10.8. The lowest BCUT2D eigenvalue weighted by molar-refractivity contribution is -0.126. The standard InChI is InChI=1S/C11H23NO/c1-8(2)10(13)9(7-12)6-11(3,4)5/h8-9H,6-7,12H2,1-5H3/t9-/m0/s1. The lowest BCUT2D eigenvalue weighted by atomic mass is 9.80. The zero-order valence-corrected chi connectivity index (χ0v) is 9.55. The van der Waals surface area contributed by atoms with Crippen LogP contribution >= 0.6 is 0 Å². The van der Waals surface area contributed by atoms with Gasteiger partial charge in [0.2, 0.25) is 0 Å². The van der Waals surface area contributed by atoms with Gasteiger partial charge in [0.25, 0.3) is 0 Å². The van der Waals surface area contributed by atoms with E-state index >= 15 is 0 Å². The summed E-state index contributed by atoms with van der Waals surface area (Å²) in [7, 11) is 0. The average Bonchev–Trinajstić information content (AvgIpc) is 1.97. The largest absolute Gasteiger partial charge is 0.330 e. The second kappa shape index (κ2) is 4.75. The van der Waals surface area contributed by atoms with Gasteiger partial charge in [-0.1, -0.05) is 34.6 Å². The number of rotatable bonds is 4. The van der Waals surface area contributed by atoms with Crippen LogP contribution < -0.4 is 5.73 Å². The SMILES string of the molecule is CC(C)C(=O)[C@H](CN)CC(C)(C)C. The number of carbonyl (C=O) groups is 1.